The summed E-state index contributed by atoms with van der Waals surface area (Å²) in [7, 11) is 1.97. The fourth-order valence-electron chi connectivity index (χ4n) is 1.77. The van der Waals surface area contributed by atoms with Crippen LogP contribution in [0.1, 0.15) is 29.1 Å². The quantitative estimate of drug-likeness (QED) is 0.905. The van der Waals surface area contributed by atoms with Crippen molar-refractivity contribution in [1.29, 1.82) is 0 Å². The molecular formula is C13H17N3S. The van der Waals surface area contributed by atoms with Gasteiger partial charge in [0.05, 0.1) is 5.69 Å². The summed E-state index contributed by atoms with van der Waals surface area (Å²) in [4.78, 5) is 10.1. The molecule has 3 nitrogen and oxygen atoms in total. The predicted molar refractivity (Wildman–Crippen MR) is 72.3 cm³/mol. The van der Waals surface area contributed by atoms with Gasteiger partial charge in [-0.3, -0.25) is 4.98 Å². The van der Waals surface area contributed by atoms with Crippen LogP contribution in [0, 0.1) is 13.8 Å². The van der Waals surface area contributed by atoms with Crippen LogP contribution < -0.4 is 5.32 Å². The molecular weight excluding hydrogens is 230 g/mol. The van der Waals surface area contributed by atoms with Crippen LogP contribution in [0.3, 0.4) is 0 Å². The molecule has 1 atom stereocenters. The average Bonchev–Trinajstić information content (AvgIpc) is 2.71. The SMILES string of the molecule is CNC(C)c1sc(-c2ccncc2C)nc1C. The summed E-state index contributed by atoms with van der Waals surface area (Å²) in [5.41, 5.74) is 3.47. The number of thiazole rings is 1. The number of aryl methyl sites for hydroxylation is 2. The summed E-state index contributed by atoms with van der Waals surface area (Å²) in [5.74, 6) is 0. The number of aromatic nitrogens is 2. The van der Waals surface area contributed by atoms with Gasteiger partial charge < -0.3 is 5.32 Å². The molecule has 0 saturated heterocycles. The number of hydrogen-bond acceptors (Lipinski definition) is 4. The van der Waals surface area contributed by atoms with Crippen molar-refractivity contribution in [1.82, 2.24) is 15.3 Å². The second-order valence-electron chi connectivity index (χ2n) is 4.17. The minimum absolute atomic E-state index is 0.350. The van der Waals surface area contributed by atoms with Crippen LogP contribution >= 0.6 is 11.3 Å². The van der Waals surface area contributed by atoms with Crippen LogP contribution in [-0.4, -0.2) is 17.0 Å². The van der Waals surface area contributed by atoms with Crippen LogP contribution in [0.5, 0.6) is 0 Å². The Morgan fingerprint density at radius 3 is 2.76 bits per heavy atom. The summed E-state index contributed by atoms with van der Waals surface area (Å²) >= 11 is 1.76. The number of rotatable bonds is 3. The lowest BCUT2D eigenvalue weighted by Crippen LogP contribution is -2.11. The molecule has 2 aromatic heterocycles. The van der Waals surface area contributed by atoms with Crippen molar-refractivity contribution in [3.8, 4) is 10.6 Å². The Morgan fingerprint density at radius 2 is 2.12 bits per heavy atom. The summed E-state index contributed by atoms with van der Waals surface area (Å²) < 4.78 is 0. The molecule has 0 aliphatic rings. The molecule has 90 valence electrons. The highest BCUT2D eigenvalue weighted by Gasteiger charge is 2.14. The molecule has 17 heavy (non-hydrogen) atoms. The standard InChI is InChI=1S/C13H17N3S/c1-8-7-15-6-5-11(8)13-16-10(3)12(17-13)9(2)14-4/h5-7,9,14H,1-4H3. The molecule has 0 aliphatic heterocycles. The van der Waals surface area contributed by atoms with E-state index in [2.05, 4.69) is 36.1 Å². The number of nitrogens with one attached hydrogen (secondary N) is 1. The van der Waals surface area contributed by atoms with Gasteiger partial charge in [-0.2, -0.15) is 0 Å². The zero-order valence-corrected chi connectivity index (χ0v) is 11.4. The van der Waals surface area contributed by atoms with E-state index in [-0.39, 0.29) is 0 Å². The fourth-order valence-corrected chi connectivity index (χ4v) is 2.99. The van der Waals surface area contributed by atoms with E-state index in [1.807, 2.05) is 25.5 Å². The first-order chi connectivity index (χ1) is 8.13. The van der Waals surface area contributed by atoms with E-state index < -0.39 is 0 Å². The van der Waals surface area contributed by atoms with Gasteiger partial charge in [-0.15, -0.1) is 11.3 Å². The Morgan fingerprint density at radius 1 is 1.35 bits per heavy atom. The first kappa shape index (κ1) is 12.2. The van der Waals surface area contributed by atoms with Crippen LogP contribution in [-0.2, 0) is 0 Å². The number of hydrogen-bond donors (Lipinski definition) is 1. The van der Waals surface area contributed by atoms with Gasteiger partial charge in [-0.1, -0.05) is 0 Å². The number of nitrogens with zero attached hydrogens (tertiary/aromatic N) is 2. The van der Waals surface area contributed by atoms with Crippen LogP contribution in [0.2, 0.25) is 0 Å². The maximum absolute atomic E-state index is 4.66. The molecule has 0 amide bonds. The highest BCUT2D eigenvalue weighted by atomic mass is 32.1. The molecule has 0 spiro atoms. The third-order valence-electron chi connectivity index (χ3n) is 2.91. The van der Waals surface area contributed by atoms with E-state index in [0.717, 1.165) is 10.7 Å². The minimum Gasteiger partial charge on any atom is -0.312 e. The lowest BCUT2D eigenvalue weighted by atomic mass is 10.2. The molecule has 2 rings (SSSR count). The van der Waals surface area contributed by atoms with E-state index in [9.17, 15) is 0 Å². The van der Waals surface area contributed by atoms with Gasteiger partial charge in [-0.05, 0) is 39.4 Å². The Balaban J connectivity index is 2.45. The third-order valence-corrected chi connectivity index (χ3v) is 4.28. The smallest absolute Gasteiger partial charge is 0.124 e. The second kappa shape index (κ2) is 4.94. The Bertz CT molecular complexity index is 519. The van der Waals surface area contributed by atoms with Crippen LogP contribution in [0.15, 0.2) is 18.5 Å². The first-order valence-electron chi connectivity index (χ1n) is 5.69. The van der Waals surface area contributed by atoms with Gasteiger partial charge in [0.25, 0.3) is 0 Å². The van der Waals surface area contributed by atoms with E-state index in [1.165, 1.54) is 16.0 Å². The maximum atomic E-state index is 4.66. The lowest BCUT2D eigenvalue weighted by molar-refractivity contribution is 0.658. The van der Waals surface area contributed by atoms with Crippen molar-refractivity contribution in [2.75, 3.05) is 7.05 Å². The normalized spacial score (nSPS) is 12.7. The van der Waals surface area contributed by atoms with E-state index >= 15 is 0 Å². The van der Waals surface area contributed by atoms with Gasteiger partial charge in [0.2, 0.25) is 0 Å². The Kier molecular flexibility index (Phi) is 3.54. The molecule has 0 saturated carbocycles. The molecule has 0 aliphatic carbocycles. The Labute approximate surface area is 106 Å². The first-order valence-corrected chi connectivity index (χ1v) is 6.50. The maximum Gasteiger partial charge on any atom is 0.124 e. The van der Waals surface area contributed by atoms with Crippen molar-refractivity contribution in [3.63, 3.8) is 0 Å². The van der Waals surface area contributed by atoms with E-state index in [1.54, 1.807) is 11.3 Å². The van der Waals surface area contributed by atoms with Crippen molar-refractivity contribution < 1.29 is 0 Å². The van der Waals surface area contributed by atoms with Gasteiger partial charge in [0, 0.05) is 28.9 Å². The summed E-state index contributed by atoms with van der Waals surface area (Å²) in [6, 6.07) is 2.38. The molecule has 0 radical (unpaired) electrons. The van der Waals surface area contributed by atoms with Crippen LogP contribution in [0.4, 0.5) is 0 Å². The van der Waals surface area contributed by atoms with Gasteiger partial charge >= 0.3 is 0 Å². The monoisotopic (exact) mass is 247 g/mol. The molecule has 2 aromatic rings. The van der Waals surface area contributed by atoms with Gasteiger partial charge in [-0.25, -0.2) is 4.98 Å². The predicted octanol–water partition coefficient (Wildman–Crippen LogP) is 3.10. The Hall–Kier alpha value is -1.26. The van der Waals surface area contributed by atoms with Crippen molar-refractivity contribution in [2.24, 2.45) is 0 Å². The molecule has 4 heteroatoms. The molecule has 1 N–H and O–H groups in total. The summed E-state index contributed by atoms with van der Waals surface area (Å²) in [6.45, 7) is 6.30. The fraction of sp³-hybridized carbons (Fsp3) is 0.385. The highest BCUT2D eigenvalue weighted by Crippen LogP contribution is 2.32. The minimum atomic E-state index is 0.350. The third kappa shape index (κ3) is 2.37. The molecule has 0 bridgehead atoms. The van der Waals surface area contributed by atoms with Crippen molar-refractivity contribution in [3.05, 3.63) is 34.6 Å². The summed E-state index contributed by atoms with van der Waals surface area (Å²) in [5, 5.41) is 4.34. The van der Waals surface area contributed by atoms with Crippen molar-refractivity contribution >= 4 is 11.3 Å². The van der Waals surface area contributed by atoms with Crippen molar-refractivity contribution in [2.45, 2.75) is 26.8 Å². The van der Waals surface area contributed by atoms with Crippen LogP contribution in [0.25, 0.3) is 10.6 Å². The number of pyridine rings is 1. The zero-order chi connectivity index (χ0) is 12.4. The average molecular weight is 247 g/mol. The molecule has 1 unspecified atom stereocenters. The van der Waals surface area contributed by atoms with E-state index in [0.29, 0.717) is 6.04 Å². The summed E-state index contributed by atoms with van der Waals surface area (Å²) in [6.07, 6.45) is 3.70. The van der Waals surface area contributed by atoms with Gasteiger partial charge in [0.1, 0.15) is 5.01 Å². The highest BCUT2D eigenvalue weighted by molar-refractivity contribution is 7.15. The molecule has 2 heterocycles. The molecule has 0 fully saturated rings. The second-order valence-corrected chi connectivity index (χ2v) is 5.20. The zero-order valence-electron chi connectivity index (χ0n) is 10.6. The lowest BCUT2D eigenvalue weighted by Gasteiger charge is -2.07. The largest absolute Gasteiger partial charge is 0.312 e. The topological polar surface area (TPSA) is 37.8 Å². The van der Waals surface area contributed by atoms with E-state index in [4.69, 9.17) is 0 Å². The van der Waals surface area contributed by atoms with Gasteiger partial charge in [0.15, 0.2) is 0 Å². The molecule has 0 aromatic carbocycles.